The third-order valence-electron chi connectivity index (χ3n) is 1.26. The van der Waals surface area contributed by atoms with Crippen molar-refractivity contribution in [1.29, 1.82) is 0 Å². The van der Waals surface area contributed by atoms with Crippen LogP contribution in [0.5, 0.6) is 0 Å². The number of halogens is 2. The number of amides is 1. The fourth-order valence-electron chi connectivity index (χ4n) is 0.663. The molecule has 4 heteroatoms. The number of carbonyl (C=O) groups is 1. The van der Waals surface area contributed by atoms with Crippen molar-refractivity contribution in [2.75, 3.05) is 12.4 Å². The van der Waals surface area contributed by atoms with Gasteiger partial charge in [-0.25, -0.2) is 0 Å². The van der Waals surface area contributed by atoms with Gasteiger partial charge in [-0.2, -0.15) is 0 Å². The highest BCUT2D eigenvalue weighted by Gasteiger charge is 1.99. The summed E-state index contributed by atoms with van der Waals surface area (Å²) in [6.07, 6.45) is 2.29. The molecule has 0 saturated heterocycles. The van der Waals surface area contributed by atoms with Gasteiger partial charge < -0.3 is 5.32 Å². The fourth-order valence-corrected chi connectivity index (χ4v) is 0.992. The molecule has 0 aliphatic carbocycles. The minimum absolute atomic E-state index is 0.0562. The van der Waals surface area contributed by atoms with Gasteiger partial charge >= 0.3 is 0 Å². The van der Waals surface area contributed by atoms with Gasteiger partial charge in [-0.3, -0.25) is 4.79 Å². The zero-order valence-corrected chi connectivity index (χ0v) is 9.25. The molecule has 0 saturated carbocycles. The summed E-state index contributed by atoms with van der Waals surface area (Å²) in [5.41, 5.74) is 0. The molecular weight excluding hydrogens is 241 g/mol. The molecule has 1 N–H and O–H groups in total. The molecule has 0 fully saturated rings. The Labute approximate surface area is 86.5 Å². The third kappa shape index (κ3) is 8.08. The Hall–Kier alpha value is -0.0200. The lowest BCUT2D eigenvalue weighted by Gasteiger charge is -2.02. The molecule has 0 aromatic rings. The fraction of sp³-hybridized carbons (Fsp3) is 0.625. The molecule has 0 spiro atoms. The summed E-state index contributed by atoms with van der Waals surface area (Å²) in [4.78, 5) is 11.0. The van der Waals surface area contributed by atoms with E-state index in [0.29, 0.717) is 18.8 Å². The van der Waals surface area contributed by atoms with E-state index in [1.807, 2.05) is 0 Å². The predicted molar refractivity (Wildman–Crippen MR) is 55.6 cm³/mol. The Morgan fingerprint density at radius 2 is 2.17 bits per heavy atom. The van der Waals surface area contributed by atoms with Crippen LogP contribution in [0, 0.1) is 0 Å². The van der Waals surface area contributed by atoms with Crippen LogP contribution in [-0.2, 0) is 4.79 Å². The Morgan fingerprint density at radius 3 is 2.67 bits per heavy atom. The largest absolute Gasteiger partial charge is 0.352 e. The molecule has 0 rings (SSSR count). The highest BCUT2D eigenvalue weighted by Crippen LogP contribution is 1.99. The number of rotatable bonds is 6. The van der Waals surface area contributed by atoms with Gasteiger partial charge in [-0.1, -0.05) is 22.5 Å². The van der Waals surface area contributed by atoms with Gasteiger partial charge in [-0.15, -0.1) is 11.6 Å². The van der Waals surface area contributed by atoms with Crippen LogP contribution in [0.2, 0.25) is 0 Å². The highest BCUT2D eigenvalue weighted by atomic mass is 79.9. The first-order chi connectivity index (χ1) is 5.66. The molecule has 0 atom stereocenters. The van der Waals surface area contributed by atoms with Crippen LogP contribution < -0.4 is 5.32 Å². The van der Waals surface area contributed by atoms with Crippen LogP contribution in [0.3, 0.4) is 0 Å². The van der Waals surface area contributed by atoms with E-state index < -0.39 is 0 Å². The number of carbonyl (C=O) groups excluding carboxylic acids is 1. The van der Waals surface area contributed by atoms with Crippen LogP contribution in [0.25, 0.3) is 0 Å². The second-order valence-corrected chi connectivity index (χ2v) is 3.94. The lowest BCUT2D eigenvalue weighted by atomic mass is 10.2. The van der Waals surface area contributed by atoms with E-state index >= 15 is 0 Å². The van der Waals surface area contributed by atoms with Gasteiger partial charge in [0.1, 0.15) is 0 Å². The van der Waals surface area contributed by atoms with Crippen LogP contribution >= 0.6 is 27.5 Å². The molecule has 70 valence electrons. The first kappa shape index (κ1) is 12.0. The normalized spacial score (nSPS) is 9.50. The number of hydrogen-bond donors (Lipinski definition) is 1. The molecule has 0 bridgehead atoms. The van der Waals surface area contributed by atoms with E-state index in [0.717, 1.165) is 17.3 Å². The summed E-state index contributed by atoms with van der Waals surface area (Å²) in [6, 6.07) is 0. The second kappa shape index (κ2) is 7.62. The van der Waals surface area contributed by atoms with E-state index in [2.05, 4.69) is 27.8 Å². The van der Waals surface area contributed by atoms with Crippen molar-refractivity contribution in [2.24, 2.45) is 0 Å². The zero-order valence-electron chi connectivity index (χ0n) is 6.91. The third-order valence-corrected chi connectivity index (χ3v) is 1.81. The summed E-state index contributed by atoms with van der Waals surface area (Å²) >= 11 is 8.61. The van der Waals surface area contributed by atoms with Gasteiger partial charge in [0.25, 0.3) is 0 Å². The van der Waals surface area contributed by atoms with Crippen molar-refractivity contribution < 1.29 is 4.79 Å². The summed E-state index contributed by atoms with van der Waals surface area (Å²) < 4.78 is 0.785. The molecule has 1 amide bonds. The van der Waals surface area contributed by atoms with E-state index in [9.17, 15) is 4.79 Å². The standard InChI is InChI=1S/C8H13BrClNO/c1-7(9)6-11-8(12)4-2-3-5-10/h1-6H2,(H,11,12). The second-order valence-electron chi connectivity index (χ2n) is 2.44. The van der Waals surface area contributed by atoms with Crippen LogP contribution in [-0.4, -0.2) is 18.3 Å². The summed E-state index contributed by atoms with van der Waals surface area (Å²) in [7, 11) is 0. The lowest BCUT2D eigenvalue weighted by Crippen LogP contribution is -2.23. The number of hydrogen-bond acceptors (Lipinski definition) is 1. The highest BCUT2D eigenvalue weighted by molar-refractivity contribution is 9.11. The molecule has 0 heterocycles. The molecule has 0 aliphatic rings. The average Bonchev–Trinajstić information content (AvgIpc) is 2.01. The predicted octanol–water partition coefficient (Wildman–Crippen LogP) is 2.42. The Bertz CT molecular complexity index is 161. The van der Waals surface area contributed by atoms with Crippen molar-refractivity contribution in [3.63, 3.8) is 0 Å². The number of nitrogens with one attached hydrogen (secondary N) is 1. The molecule has 2 nitrogen and oxygen atoms in total. The Balaban J connectivity index is 3.28. The van der Waals surface area contributed by atoms with E-state index in [1.54, 1.807) is 0 Å². The quantitative estimate of drug-likeness (QED) is 0.572. The van der Waals surface area contributed by atoms with Gasteiger partial charge in [0, 0.05) is 23.3 Å². The number of unbranched alkanes of at least 4 members (excludes halogenated alkanes) is 1. The van der Waals surface area contributed by atoms with Gasteiger partial charge in [0.15, 0.2) is 0 Å². The van der Waals surface area contributed by atoms with E-state index in [4.69, 9.17) is 11.6 Å². The first-order valence-electron chi connectivity index (χ1n) is 3.82. The van der Waals surface area contributed by atoms with Crippen molar-refractivity contribution in [1.82, 2.24) is 5.32 Å². The summed E-state index contributed by atoms with van der Waals surface area (Å²) in [5, 5.41) is 2.71. The van der Waals surface area contributed by atoms with Crippen molar-refractivity contribution in [3.8, 4) is 0 Å². The molecule has 0 aromatic carbocycles. The van der Waals surface area contributed by atoms with Crippen LogP contribution in [0.1, 0.15) is 19.3 Å². The van der Waals surface area contributed by atoms with Crippen molar-refractivity contribution >= 4 is 33.4 Å². The van der Waals surface area contributed by atoms with Gasteiger partial charge in [0.2, 0.25) is 5.91 Å². The lowest BCUT2D eigenvalue weighted by molar-refractivity contribution is -0.120. The van der Waals surface area contributed by atoms with E-state index in [1.165, 1.54) is 0 Å². The maximum absolute atomic E-state index is 11.0. The minimum atomic E-state index is 0.0562. The molecule has 0 aliphatic heterocycles. The van der Waals surface area contributed by atoms with E-state index in [-0.39, 0.29) is 5.91 Å². The summed E-state index contributed by atoms with van der Waals surface area (Å²) in [5.74, 6) is 0.680. The Kier molecular flexibility index (Phi) is 7.61. The summed E-state index contributed by atoms with van der Waals surface area (Å²) in [6.45, 7) is 4.10. The maximum atomic E-state index is 11.0. The maximum Gasteiger partial charge on any atom is 0.220 e. The first-order valence-corrected chi connectivity index (χ1v) is 5.15. The monoisotopic (exact) mass is 253 g/mol. The molecule has 0 aromatic heterocycles. The van der Waals surface area contributed by atoms with Crippen LogP contribution in [0.15, 0.2) is 11.1 Å². The Morgan fingerprint density at radius 1 is 1.50 bits per heavy atom. The van der Waals surface area contributed by atoms with Crippen molar-refractivity contribution in [2.45, 2.75) is 19.3 Å². The SMILES string of the molecule is C=C(Br)CNC(=O)CCCCCl. The minimum Gasteiger partial charge on any atom is -0.352 e. The molecule has 12 heavy (non-hydrogen) atoms. The van der Waals surface area contributed by atoms with Gasteiger partial charge in [0.05, 0.1) is 0 Å². The molecule has 0 unspecified atom stereocenters. The van der Waals surface area contributed by atoms with Gasteiger partial charge in [-0.05, 0) is 12.8 Å². The zero-order chi connectivity index (χ0) is 9.40. The topological polar surface area (TPSA) is 29.1 Å². The number of alkyl halides is 1. The van der Waals surface area contributed by atoms with Crippen LogP contribution in [0.4, 0.5) is 0 Å². The average molecular weight is 255 g/mol. The van der Waals surface area contributed by atoms with Crippen molar-refractivity contribution in [3.05, 3.63) is 11.1 Å². The smallest absolute Gasteiger partial charge is 0.220 e. The molecular formula is C8H13BrClNO. The molecule has 0 radical (unpaired) electrons.